The van der Waals surface area contributed by atoms with Gasteiger partial charge in [0.2, 0.25) is 0 Å². The fourth-order valence-corrected chi connectivity index (χ4v) is 2.87. The molecule has 1 aliphatic carbocycles. The van der Waals surface area contributed by atoms with Gasteiger partial charge < -0.3 is 18.6 Å². The minimum Gasteiger partial charge on any atom is -0.374 e. The van der Waals surface area contributed by atoms with Crippen molar-refractivity contribution < 1.29 is 18.6 Å². The minimum atomic E-state index is -0.924. The summed E-state index contributed by atoms with van der Waals surface area (Å²) in [7, 11) is 2.13. The SMILES string of the molecule is COP(CC=O)OC.c1ccc(COC2CCCCC2)cc1. The van der Waals surface area contributed by atoms with Gasteiger partial charge in [0.15, 0.2) is 8.38 Å². The van der Waals surface area contributed by atoms with Gasteiger partial charge in [-0.05, 0) is 18.4 Å². The zero-order valence-corrected chi connectivity index (χ0v) is 14.5. The van der Waals surface area contributed by atoms with Crippen LogP contribution >= 0.6 is 8.38 Å². The van der Waals surface area contributed by atoms with Gasteiger partial charge in [-0.3, -0.25) is 0 Å². The van der Waals surface area contributed by atoms with Crippen LogP contribution in [0.4, 0.5) is 0 Å². The van der Waals surface area contributed by atoms with Crippen LogP contribution in [0.1, 0.15) is 37.7 Å². The predicted octanol–water partition coefficient (Wildman–Crippen LogP) is 4.33. The van der Waals surface area contributed by atoms with Crippen LogP contribution < -0.4 is 0 Å². The van der Waals surface area contributed by atoms with Crippen molar-refractivity contribution in [1.29, 1.82) is 0 Å². The van der Waals surface area contributed by atoms with E-state index in [1.54, 1.807) is 0 Å². The Bertz CT molecular complexity index is 376. The van der Waals surface area contributed by atoms with Crippen molar-refractivity contribution in [3.8, 4) is 0 Å². The van der Waals surface area contributed by atoms with Crippen molar-refractivity contribution in [1.82, 2.24) is 0 Å². The van der Waals surface area contributed by atoms with Crippen LogP contribution in [0.3, 0.4) is 0 Å². The number of carbonyl (C=O) groups excluding carboxylic acids is 1. The number of hydrogen-bond acceptors (Lipinski definition) is 4. The molecule has 0 spiro atoms. The summed E-state index contributed by atoms with van der Waals surface area (Å²) in [6.07, 6.45) is 8.27. The lowest BCUT2D eigenvalue weighted by molar-refractivity contribution is -0.105. The first-order valence-electron chi connectivity index (χ1n) is 7.75. The van der Waals surface area contributed by atoms with E-state index in [0.29, 0.717) is 12.3 Å². The number of carbonyl (C=O) groups is 1. The van der Waals surface area contributed by atoms with Gasteiger partial charge in [0, 0.05) is 14.2 Å². The summed E-state index contributed by atoms with van der Waals surface area (Å²) in [5.74, 6) is 0. The molecule has 0 atom stereocenters. The normalized spacial score (nSPS) is 15.2. The molecule has 124 valence electrons. The molecule has 0 aliphatic heterocycles. The summed E-state index contributed by atoms with van der Waals surface area (Å²) >= 11 is 0. The lowest BCUT2D eigenvalue weighted by atomic mass is 9.98. The lowest BCUT2D eigenvalue weighted by Crippen LogP contribution is -2.16. The molecular formula is C17H27O4P. The van der Waals surface area contributed by atoms with Crippen LogP contribution in [0, 0.1) is 0 Å². The summed E-state index contributed by atoms with van der Waals surface area (Å²) in [5.41, 5.74) is 1.29. The Hall–Kier alpha value is -0.800. The van der Waals surface area contributed by atoms with Crippen molar-refractivity contribution in [3.63, 3.8) is 0 Å². The molecule has 1 saturated carbocycles. The van der Waals surface area contributed by atoms with E-state index in [0.717, 1.165) is 12.9 Å². The standard InChI is InChI=1S/C13H18O.C4H9O3P/c1-3-7-12(8-4-1)11-14-13-9-5-2-6-10-13;1-6-8(7-2)4-3-5/h1,3-4,7-8,13H,2,5-6,9-11H2;3H,4H2,1-2H3. The molecule has 2 rings (SSSR count). The van der Waals surface area contributed by atoms with Gasteiger partial charge in [-0.15, -0.1) is 0 Å². The molecule has 0 heterocycles. The molecule has 5 heteroatoms. The van der Waals surface area contributed by atoms with Crippen molar-refractivity contribution in [2.75, 3.05) is 20.4 Å². The molecular weight excluding hydrogens is 299 g/mol. The average molecular weight is 326 g/mol. The summed E-state index contributed by atoms with van der Waals surface area (Å²) in [6, 6.07) is 10.4. The summed E-state index contributed by atoms with van der Waals surface area (Å²) < 4.78 is 15.4. The smallest absolute Gasteiger partial charge is 0.177 e. The summed E-state index contributed by atoms with van der Waals surface area (Å²) in [6.45, 7) is 0.783. The topological polar surface area (TPSA) is 44.8 Å². The Balaban J connectivity index is 0.000000261. The molecule has 0 bridgehead atoms. The fourth-order valence-electron chi connectivity index (χ4n) is 2.30. The van der Waals surface area contributed by atoms with Crippen LogP contribution in [-0.2, 0) is 25.2 Å². The molecule has 0 saturated heterocycles. The quantitative estimate of drug-likeness (QED) is 0.553. The molecule has 22 heavy (non-hydrogen) atoms. The van der Waals surface area contributed by atoms with Crippen LogP contribution in [0.25, 0.3) is 0 Å². The van der Waals surface area contributed by atoms with E-state index in [2.05, 4.69) is 24.3 Å². The average Bonchev–Trinajstić information content (AvgIpc) is 2.60. The third-order valence-corrected chi connectivity index (χ3v) is 4.77. The number of benzene rings is 1. The second-order valence-corrected chi connectivity index (χ2v) is 6.86. The molecule has 1 aliphatic rings. The molecule has 4 nitrogen and oxygen atoms in total. The maximum atomic E-state index is 9.79. The molecule has 0 unspecified atom stereocenters. The van der Waals surface area contributed by atoms with Crippen LogP contribution in [-0.4, -0.2) is 32.8 Å². The minimum absolute atomic E-state index is 0.363. The first-order valence-corrected chi connectivity index (χ1v) is 9.11. The molecule has 0 N–H and O–H groups in total. The Kier molecular flexibility index (Phi) is 11.1. The van der Waals surface area contributed by atoms with E-state index < -0.39 is 8.38 Å². The Morgan fingerprint density at radius 1 is 1.09 bits per heavy atom. The van der Waals surface area contributed by atoms with E-state index in [9.17, 15) is 4.79 Å². The van der Waals surface area contributed by atoms with Crippen LogP contribution in [0.5, 0.6) is 0 Å². The van der Waals surface area contributed by atoms with E-state index in [-0.39, 0.29) is 0 Å². The fraction of sp³-hybridized carbons (Fsp3) is 0.588. The van der Waals surface area contributed by atoms with E-state index in [1.807, 2.05) is 6.07 Å². The van der Waals surface area contributed by atoms with Crippen molar-refractivity contribution in [2.24, 2.45) is 0 Å². The molecule has 1 fully saturated rings. The number of hydrogen-bond donors (Lipinski definition) is 0. The highest BCUT2D eigenvalue weighted by Gasteiger charge is 2.13. The van der Waals surface area contributed by atoms with Crippen molar-refractivity contribution in [3.05, 3.63) is 35.9 Å². The van der Waals surface area contributed by atoms with E-state index in [1.165, 1.54) is 51.9 Å². The first kappa shape index (κ1) is 19.2. The predicted molar refractivity (Wildman–Crippen MR) is 90.0 cm³/mol. The van der Waals surface area contributed by atoms with Gasteiger partial charge in [0.1, 0.15) is 6.29 Å². The highest BCUT2D eigenvalue weighted by molar-refractivity contribution is 7.48. The first-order chi connectivity index (χ1) is 10.8. The second-order valence-electron chi connectivity index (χ2n) is 5.10. The number of rotatable bonds is 7. The van der Waals surface area contributed by atoms with Gasteiger partial charge in [0.05, 0.1) is 18.9 Å². The highest BCUT2D eigenvalue weighted by atomic mass is 31.2. The third-order valence-electron chi connectivity index (χ3n) is 3.51. The summed E-state index contributed by atoms with van der Waals surface area (Å²) in [4.78, 5) is 9.79. The zero-order chi connectivity index (χ0) is 16.0. The highest BCUT2D eigenvalue weighted by Crippen LogP contribution is 2.33. The molecule has 1 aromatic rings. The zero-order valence-electron chi connectivity index (χ0n) is 13.6. The number of ether oxygens (including phenoxy) is 1. The van der Waals surface area contributed by atoms with E-state index >= 15 is 0 Å². The van der Waals surface area contributed by atoms with Gasteiger partial charge >= 0.3 is 0 Å². The Morgan fingerprint density at radius 2 is 1.73 bits per heavy atom. The molecule has 0 aromatic heterocycles. The Labute approximate surface area is 135 Å². The van der Waals surface area contributed by atoms with Gasteiger partial charge in [-0.1, -0.05) is 49.6 Å². The van der Waals surface area contributed by atoms with Crippen LogP contribution in [0.15, 0.2) is 30.3 Å². The van der Waals surface area contributed by atoms with E-state index in [4.69, 9.17) is 13.8 Å². The maximum Gasteiger partial charge on any atom is 0.177 e. The molecule has 1 aromatic carbocycles. The monoisotopic (exact) mass is 326 g/mol. The lowest BCUT2D eigenvalue weighted by Gasteiger charge is -2.21. The summed E-state index contributed by atoms with van der Waals surface area (Å²) in [5, 5.41) is 0. The second kappa shape index (κ2) is 12.7. The van der Waals surface area contributed by atoms with Crippen molar-refractivity contribution >= 4 is 14.7 Å². The van der Waals surface area contributed by atoms with Crippen LogP contribution in [0.2, 0.25) is 0 Å². The number of aldehydes is 1. The van der Waals surface area contributed by atoms with Gasteiger partial charge in [0.25, 0.3) is 0 Å². The van der Waals surface area contributed by atoms with Crippen molar-refractivity contribution in [2.45, 2.75) is 44.8 Å². The largest absolute Gasteiger partial charge is 0.374 e. The Morgan fingerprint density at radius 3 is 2.23 bits per heavy atom. The van der Waals surface area contributed by atoms with Gasteiger partial charge in [-0.2, -0.15) is 0 Å². The third kappa shape index (κ3) is 8.60. The molecule has 0 amide bonds. The molecule has 0 radical (unpaired) electrons. The van der Waals surface area contributed by atoms with Gasteiger partial charge in [-0.25, -0.2) is 0 Å². The maximum absolute atomic E-state index is 9.79.